The third-order valence-electron chi connectivity index (χ3n) is 3.97. The zero-order chi connectivity index (χ0) is 21.7. The van der Waals surface area contributed by atoms with E-state index in [0.717, 1.165) is 11.1 Å². The molecule has 0 bridgehead atoms. The molecule has 0 aliphatic carbocycles. The van der Waals surface area contributed by atoms with E-state index in [1.54, 1.807) is 30.7 Å². The minimum atomic E-state index is -0.642. The summed E-state index contributed by atoms with van der Waals surface area (Å²) in [6.07, 6.45) is 5.27. The van der Waals surface area contributed by atoms with E-state index in [2.05, 4.69) is 37.3 Å². The molecule has 1 N–H and O–H groups in total. The second kappa shape index (κ2) is 9.26. The number of nitrogens with zero attached hydrogens (tertiary/aromatic N) is 2. The molecular formula is C23H24BrN3O3. The van der Waals surface area contributed by atoms with Crippen LogP contribution in [-0.4, -0.2) is 21.5 Å². The van der Waals surface area contributed by atoms with E-state index >= 15 is 0 Å². The zero-order valence-electron chi connectivity index (χ0n) is 17.4. The van der Waals surface area contributed by atoms with E-state index in [0.29, 0.717) is 28.3 Å². The fourth-order valence-electron chi connectivity index (χ4n) is 2.77. The van der Waals surface area contributed by atoms with Gasteiger partial charge in [0.25, 0.3) is 0 Å². The minimum Gasteiger partial charge on any atom is -0.465 e. The first kappa shape index (κ1) is 21.8. The van der Waals surface area contributed by atoms with E-state index in [9.17, 15) is 4.79 Å². The van der Waals surface area contributed by atoms with Gasteiger partial charge in [0.05, 0.1) is 18.2 Å². The van der Waals surface area contributed by atoms with Gasteiger partial charge >= 0.3 is 5.97 Å². The number of benzene rings is 1. The van der Waals surface area contributed by atoms with E-state index in [-0.39, 0.29) is 5.70 Å². The van der Waals surface area contributed by atoms with Crippen molar-refractivity contribution in [3.8, 4) is 0 Å². The van der Waals surface area contributed by atoms with Gasteiger partial charge in [-0.25, -0.2) is 14.8 Å². The fraction of sp³-hybridized carbons (Fsp3) is 0.261. The molecule has 0 amide bonds. The van der Waals surface area contributed by atoms with Gasteiger partial charge in [-0.15, -0.1) is 0 Å². The Kier molecular flexibility index (Phi) is 6.72. The van der Waals surface area contributed by atoms with E-state index in [1.807, 2.05) is 45.9 Å². The van der Waals surface area contributed by atoms with Crippen LogP contribution in [0.3, 0.4) is 0 Å². The van der Waals surface area contributed by atoms with Crippen molar-refractivity contribution in [1.82, 2.24) is 9.97 Å². The molecule has 3 rings (SSSR count). The third-order valence-corrected chi connectivity index (χ3v) is 4.35. The van der Waals surface area contributed by atoms with Crippen LogP contribution in [0.2, 0.25) is 0 Å². The van der Waals surface area contributed by atoms with Crippen LogP contribution in [-0.2, 0) is 16.0 Å². The average Bonchev–Trinajstić information content (AvgIpc) is 3.15. The molecule has 0 saturated heterocycles. The van der Waals surface area contributed by atoms with Crippen LogP contribution >= 0.6 is 15.9 Å². The van der Waals surface area contributed by atoms with Crippen LogP contribution < -0.4 is 5.32 Å². The van der Waals surface area contributed by atoms with Crippen LogP contribution in [0, 0.1) is 6.92 Å². The quantitative estimate of drug-likeness (QED) is 0.377. The largest absolute Gasteiger partial charge is 0.465 e. The molecule has 156 valence electrons. The van der Waals surface area contributed by atoms with Crippen LogP contribution in [0.25, 0.3) is 6.08 Å². The molecule has 0 fully saturated rings. The lowest BCUT2D eigenvalue weighted by molar-refractivity contribution is -0.149. The van der Waals surface area contributed by atoms with Crippen molar-refractivity contribution in [2.75, 3.05) is 5.32 Å². The molecule has 0 aliphatic rings. The summed E-state index contributed by atoms with van der Waals surface area (Å²) in [5.41, 5.74) is 2.53. The molecule has 7 heteroatoms. The number of carbonyl (C=O) groups excluding carboxylic acids is 1. The van der Waals surface area contributed by atoms with Gasteiger partial charge in [0.1, 0.15) is 21.7 Å². The Hall–Kier alpha value is -2.93. The molecule has 0 aliphatic heterocycles. The van der Waals surface area contributed by atoms with Gasteiger partial charge in [0.15, 0.2) is 5.82 Å². The van der Waals surface area contributed by atoms with Gasteiger partial charge in [0.2, 0.25) is 0 Å². The highest BCUT2D eigenvalue weighted by Gasteiger charge is 2.22. The van der Waals surface area contributed by atoms with Gasteiger partial charge < -0.3 is 14.5 Å². The maximum absolute atomic E-state index is 12.8. The van der Waals surface area contributed by atoms with Crippen LogP contribution in [0.1, 0.15) is 43.4 Å². The molecule has 6 nitrogen and oxygen atoms in total. The van der Waals surface area contributed by atoms with Crippen molar-refractivity contribution in [1.29, 1.82) is 0 Å². The van der Waals surface area contributed by atoms with E-state index in [1.165, 1.54) is 0 Å². The number of aromatic nitrogens is 2. The first-order chi connectivity index (χ1) is 14.2. The summed E-state index contributed by atoms with van der Waals surface area (Å²) in [6.45, 7) is 7.50. The molecule has 0 spiro atoms. The predicted octanol–water partition coefficient (Wildman–Crippen LogP) is 5.53. The summed E-state index contributed by atoms with van der Waals surface area (Å²) in [7, 11) is 0. The number of carbonyl (C=O) groups is 1. The van der Waals surface area contributed by atoms with Crippen molar-refractivity contribution in [3.63, 3.8) is 0 Å². The van der Waals surface area contributed by atoms with Crippen LogP contribution in [0.5, 0.6) is 0 Å². The Balaban J connectivity index is 1.95. The molecule has 0 unspecified atom stereocenters. The van der Waals surface area contributed by atoms with Gasteiger partial charge in [-0.05, 0) is 61.3 Å². The summed E-state index contributed by atoms with van der Waals surface area (Å²) in [5, 5.41) is 3.10. The molecule has 3 aromatic rings. The van der Waals surface area contributed by atoms with Crippen molar-refractivity contribution in [2.45, 2.75) is 39.7 Å². The second-order valence-electron chi connectivity index (χ2n) is 7.85. The first-order valence-electron chi connectivity index (χ1n) is 9.52. The highest BCUT2D eigenvalue weighted by Crippen LogP contribution is 2.22. The maximum Gasteiger partial charge on any atom is 0.355 e. The molecule has 0 radical (unpaired) electrons. The van der Waals surface area contributed by atoms with Gasteiger partial charge in [-0.1, -0.05) is 29.8 Å². The standard InChI is InChI=1S/C23H24BrN3O3/c1-15-7-5-8-16(11-15)12-18-21(25-14-20(24)26-18)27-19(13-17-9-6-10-29-17)22(28)30-23(2,3)4/h5-11,13-14H,12H2,1-4H3,(H,25,27)/b19-13-. The lowest BCUT2D eigenvalue weighted by Crippen LogP contribution is -2.27. The Morgan fingerprint density at radius 1 is 1.27 bits per heavy atom. The normalized spacial score (nSPS) is 12.0. The maximum atomic E-state index is 12.8. The summed E-state index contributed by atoms with van der Waals surface area (Å²) in [4.78, 5) is 21.8. The Bertz CT molecular complexity index is 1050. The number of hydrogen-bond acceptors (Lipinski definition) is 6. The average molecular weight is 470 g/mol. The van der Waals surface area contributed by atoms with Gasteiger partial charge in [-0.2, -0.15) is 0 Å². The van der Waals surface area contributed by atoms with Crippen molar-refractivity contribution in [2.24, 2.45) is 0 Å². The molecular weight excluding hydrogens is 446 g/mol. The Morgan fingerprint density at radius 3 is 2.73 bits per heavy atom. The third kappa shape index (κ3) is 6.29. The Labute approximate surface area is 184 Å². The molecule has 0 atom stereocenters. The van der Waals surface area contributed by atoms with Gasteiger partial charge in [-0.3, -0.25) is 0 Å². The predicted molar refractivity (Wildman–Crippen MR) is 120 cm³/mol. The lowest BCUT2D eigenvalue weighted by Gasteiger charge is -2.21. The van der Waals surface area contributed by atoms with E-state index in [4.69, 9.17) is 9.15 Å². The minimum absolute atomic E-state index is 0.210. The monoisotopic (exact) mass is 469 g/mol. The smallest absolute Gasteiger partial charge is 0.355 e. The van der Waals surface area contributed by atoms with Crippen molar-refractivity contribution < 1.29 is 13.9 Å². The molecule has 0 saturated carbocycles. The number of esters is 1. The Morgan fingerprint density at radius 2 is 2.07 bits per heavy atom. The summed E-state index contributed by atoms with van der Waals surface area (Å²) < 4.78 is 11.5. The zero-order valence-corrected chi connectivity index (χ0v) is 19.0. The summed E-state index contributed by atoms with van der Waals surface area (Å²) in [5.74, 6) is 0.488. The number of rotatable bonds is 6. The number of nitrogens with one attached hydrogen (secondary N) is 1. The molecule has 1 aromatic carbocycles. The highest BCUT2D eigenvalue weighted by molar-refractivity contribution is 9.10. The topological polar surface area (TPSA) is 77.3 Å². The number of anilines is 1. The number of ether oxygens (including phenoxy) is 1. The highest BCUT2D eigenvalue weighted by atomic mass is 79.9. The molecule has 2 heterocycles. The molecule has 30 heavy (non-hydrogen) atoms. The number of hydrogen-bond donors (Lipinski definition) is 1. The van der Waals surface area contributed by atoms with Crippen molar-refractivity contribution >= 4 is 33.8 Å². The van der Waals surface area contributed by atoms with Crippen LogP contribution in [0.4, 0.5) is 5.82 Å². The lowest BCUT2D eigenvalue weighted by atomic mass is 10.1. The SMILES string of the molecule is Cc1cccc(Cc2nc(Br)cnc2N/C(=C\c2ccco2)C(=O)OC(C)(C)C)c1. The van der Waals surface area contributed by atoms with Crippen molar-refractivity contribution in [3.05, 3.63) is 81.7 Å². The number of aryl methyl sites for hydroxylation is 1. The van der Waals surface area contributed by atoms with E-state index < -0.39 is 11.6 Å². The second-order valence-corrected chi connectivity index (χ2v) is 8.67. The summed E-state index contributed by atoms with van der Waals surface area (Å²) in [6, 6.07) is 11.7. The van der Waals surface area contributed by atoms with Crippen LogP contribution in [0.15, 0.2) is 63.6 Å². The molecule has 2 aromatic heterocycles. The fourth-order valence-corrected chi connectivity index (χ4v) is 3.08. The first-order valence-corrected chi connectivity index (χ1v) is 10.3. The summed E-state index contributed by atoms with van der Waals surface area (Å²) >= 11 is 3.39. The number of halogens is 1. The van der Waals surface area contributed by atoms with Gasteiger partial charge in [0, 0.05) is 12.5 Å². The number of furan rings is 1.